The minimum absolute atomic E-state index is 0.0366. The zero-order chi connectivity index (χ0) is 20.3. The van der Waals surface area contributed by atoms with E-state index in [-0.39, 0.29) is 22.8 Å². The largest absolute Gasteiger partial charge is 0.478 e. The molecule has 2 N–H and O–H groups in total. The number of aromatic carboxylic acids is 1. The SMILES string of the molecule is C=CCN1C(=O)C(=Cc2ccccc2-c2cccc(C(=O)O)c2)C(=O)NC1=S. The van der Waals surface area contributed by atoms with Gasteiger partial charge in [-0.3, -0.25) is 19.8 Å². The van der Waals surface area contributed by atoms with Crippen molar-refractivity contribution in [3.05, 3.63) is 77.9 Å². The minimum atomic E-state index is -1.03. The number of rotatable bonds is 5. The average molecular weight is 392 g/mol. The normalized spacial score (nSPS) is 15.5. The quantitative estimate of drug-likeness (QED) is 0.354. The van der Waals surface area contributed by atoms with Crippen LogP contribution in [0.5, 0.6) is 0 Å². The first-order chi connectivity index (χ1) is 13.4. The van der Waals surface area contributed by atoms with Gasteiger partial charge in [-0.2, -0.15) is 0 Å². The molecule has 28 heavy (non-hydrogen) atoms. The van der Waals surface area contributed by atoms with Gasteiger partial charge in [0.25, 0.3) is 11.8 Å². The third kappa shape index (κ3) is 3.74. The fourth-order valence-corrected chi connectivity index (χ4v) is 3.10. The summed E-state index contributed by atoms with van der Waals surface area (Å²) in [5.41, 5.74) is 2.05. The van der Waals surface area contributed by atoms with Crippen molar-refractivity contribution in [2.75, 3.05) is 6.54 Å². The third-order valence-corrected chi connectivity index (χ3v) is 4.50. The Morgan fingerprint density at radius 2 is 1.93 bits per heavy atom. The Bertz CT molecular complexity index is 1040. The molecule has 2 aromatic rings. The molecule has 1 fully saturated rings. The summed E-state index contributed by atoms with van der Waals surface area (Å²) in [5.74, 6) is -2.12. The highest BCUT2D eigenvalue weighted by atomic mass is 32.1. The van der Waals surface area contributed by atoms with Crippen molar-refractivity contribution in [2.24, 2.45) is 0 Å². The molecule has 3 rings (SSSR count). The molecule has 1 heterocycles. The number of thiocarbonyl (C=S) groups is 1. The number of benzene rings is 2. The standard InChI is InChI=1S/C21H16N2O4S/c1-2-10-23-19(25)17(18(24)22-21(23)28)12-14-6-3-4-9-16(14)13-7-5-8-15(11-13)20(26)27/h2-9,11-12H,1,10H2,(H,26,27)(H,22,24,28). The van der Waals surface area contributed by atoms with Gasteiger partial charge in [0.05, 0.1) is 5.56 Å². The molecule has 0 atom stereocenters. The van der Waals surface area contributed by atoms with Gasteiger partial charge in [-0.05, 0) is 47.1 Å². The molecule has 2 aromatic carbocycles. The molecule has 0 aliphatic carbocycles. The maximum absolute atomic E-state index is 12.7. The number of carboxylic acids is 1. The molecule has 1 saturated heterocycles. The summed E-state index contributed by atoms with van der Waals surface area (Å²) >= 11 is 5.05. The lowest BCUT2D eigenvalue weighted by molar-refractivity contribution is -0.128. The van der Waals surface area contributed by atoms with Crippen LogP contribution in [-0.4, -0.2) is 39.4 Å². The molecule has 0 aromatic heterocycles. The van der Waals surface area contributed by atoms with Crippen LogP contribution in [-0.2, 0) is 9.59 Å². The van der Waals surface area contributed by atoms with Crippen LogP contribution in [0, 0.1) is 0 Å². The van der Waals surface area contributed by atoms with Gasteiger partial charge >= 0.3 is 5.97 Å². The second-order valence-electron chi connectivity index (χ2n) is 5.99. The highest BCUT2D eigenvalue weighted by Gasteiger charge is 2.32. The first-order valence-corrected chi connectivity index (χ1v) is 8.75. The second-order valence-corrected chi connectivity index (χ2v) is 6.38. The predicted molar refractivity (Wildman–Crippen MR) is 109 cm³/mol. The monoisotopic (exact) mass is 392 g/mol. The predicted octanol–water partition coefficient (Wildman–Crippen LogP) is 2.86. The van der Waals surface area contributed by atoms with Crippen LogP contribution in [0.2, 0.25) is 0 Å². The van der Waals surface area contributed by atoms with E-state index in [2.05, 4.69) is 11.9 Å². The molecule has 1 aliphatic heterocycles. The lowest BCUT2D eigenvalue weighted by atomic mass is 9.96. The smallest absolute Gasteiger partial charge is 0.335 e. The highest BCUT2D eigenvalue weighted by Crippen LogP contribution is 2.27. The number of hydrogen-bond donors (Lipinski definition) is 2. The summed E-state index contributed by atoms with van der Waals surface area (Å²) in [6.45, 7) is 3.77. The van der Waals surface area contributed by atoms with Gasteiger partial charge in [0.2, 0.25) is 0 Å². The van der Waals surface area contributed by atoms with Crippen LogP contribution < -0.4 is 5.32 Å². The molecule has 0 radical (unpaired) electrons. The van der Waals surface area contributed by atoms with Crippen LogP contribution >= 0.6 is 12.2 Å². The van der Waals surface area contributed by atoms with E-state index in [0.717, 1.165) is 0 Å². The molecule has 0 spiro atoms. The van der Waals surface area contributed by atoms with Gasteiger partial charge in [0, 0.05) is 6.54 Å². The van der Waals surface area contributed by atoms with E-state index in [1.54, 1.807) is 42.5 Å². The first kappa shape index (κ1) is 19.2. The van der Waals surface area contributed by atoms with E-state index in [1.807, 2.05) is 0 Å². The summed E-state index contributed by atoms with van der Waals surface area (Å²) in [6, 6.07) is 13.6. The number of nitrogens with zero attached hydrogens (tertiary/aromatic N) is 1. The molecule has 7 heteroatoms. The number of carbonyl (C=O) groups excluding carboxylic acids is 2. The van der Waals surface area contributed by atoms with Crippen molar-refractivity contribution < 1.29 is 19.5 Å². The zero-order valence-corrected chi connectivity index (χ0v) is 15.5. The molecule has 1 aliphatic rings. The molecular formula is C21H16N2O4S. The molecule has 0 bridgehead atoms. The van der Waals surface area contributed by atoms with Crippen molar-refractivity contribution in [3.8, 4) is 11.1 Å². The summed E-state index contributed by atoms with van der Waals surface area (Å²) in [7, 11) is 0. The Hall–Kier alpha value is -3.58. The minimum Gasteiger partial charge on any atom is -0.478 e. The van der Waals surface area contributed by atoms with Crippen LogP contribution in [0.3, 0.4) is 0 Å². The van der Waals surface area contributed by atoms with Crippen LogP contribution in [0.1, 0.15) is 15.9 Å². The van der Waals surface area contributed by atoms with Gasteiger partial charge in [-0.1, -0.05) is 42.5 Å². The average Bonchev–Trinajstić information content (AvgIpc) is 2.69. The van der Waals surface area contributed by atoms with Crippen molar-refractivity contribution in [1.29, 1.82) is 0 Å². The van der Waals surface area contributed by atoms with E-state index >= 15 is 0 Å². The first-order valence-electron chi connectivity index (χ1n) is 8.35. The Morgan fingerprint density at radius 1 is 1.18 bits per heavy atom. The lowest BCUT2D eigenvalue weighted by Crippen LogP contribution is -2.53. The van der Waals surface area contributed by atoms with Gasteiger partial charge in [-0.25, -0.2) is 4.79 Å². The van der Waals surface area contributed by atoms with E-state index in [1.165, 1.54) is 23.1 Å². The molecule has 2 amide bonds. The maximum atomic E-state index is 12.7. The lowest BCUT2D eigenvalue weighted by Gasteiger charge is -2.27. The molecular weight excluding hydrogens is 376 g/mol. The third-order valence-electron chi connectivity index (χ3n) is 4.18. The van der Waals surface area contributed by atoms with Crippen LogP contribution in [0.4, 0.5) is 0 Å². The Labute approximate surface area is 166 Å². The van der Waals surface area contributed by atoms with Gasteiger partial charge in [0.15, 0.2) is 5.11 Å². The Balaban J connectivity index is 2.08. The molecule has 140 valence electrons. The van der Waals surface area contributed by atoms with Gasteiger partial charge < -0.3 is 5.11 Å². The van der Waals surface area contributed by atoms with E-state index in [0.29, 0.717) is 16.7 Å². The molecule has 6 nitrogen and oxygen atoms in total. The topological polar surface area (TPSA) is 86.7 Å². The fraction of sp³-hybridized carbons (Fsp3) is 0.0476. The number of amides is 2. The van der Waals surface area contributed by atoms with Crippen molar-refractivity contribution >= 4 is 41.2 Å². The summed E-state index contributed by atoms with van der Waals surface area (Å²) in [4.78, 5) is 37.6. The summed E-state index contributed by atoms with van der Waals surface area (Å²) in [6.07, 6.45) is 3.00. The molecule has 0 saturated carbocycles. The number of nitrogens with one attached hydrogen (secondary N) is 1. The van der Waals surface area contributed by atoms with E-state index < -0.39 is 17.8 Å². The summed E-state index contributed by atoms with van der Waals surface area (Å²) in [5, 5.41) is 11.8. The van der Waals surface area contributed by atoms with Crippen LogP contribution in [0.25, 0.3) is 17.2 Å². The zero-order valence-electron chi connectivity index (χ0n) is 14.7. The number of carbonyl (C=O) groups is 3. The van der Waals surface area contributed by atoms with Gasteiger partial charge in [-0.15, -0.1) is 6.58 Å². The number of hydrogen-bond acceptors (Lipinski definition) is 4. The summed E-state index contributed by atoms with van der Waals surface area (Å²) < 4.78 is 0. The van der Waals surface area contributed by atoms with E-state index in [9.17, 15) is 19.5 Å². The number of carboxylic acid groups (broad SMARTS) is 1. The molecule has 0 unspecified atom stereocenters. The van der Waals surface area contributed by atoms with E-state index in [4.69, 9.17) is 12.2 Å². The van der Waals surface area contributed by atoms with Gasteiger partial charge in [0.1, 0.15) is 5.57 Å². The fourth-order valence-electron chi connectivity index (χ4n) is 2.85. The highest BCUT2D eigenvalue weighted by molar-refractivity contribution is 7.80. The van der Waals surface area contributed by atoms with Crippen molar-refractivity contribution in [1.82, 2.24) is 10.2 Å². The van der Waals surface area contributed by atoms with Crippen molar-refractivity contribution in [3.63, 3.8) is 0 Å². The Morgan fingerprint density at radius 3 is 2.64 bits per heavy atom. The maximum Gasteiger partial charge on any atom is 0.335 e. The second kappa shape index (κ2) is 7.98. The Kier molecular flexibility index (Phi) is 5.47. The van der Waals surface area contributed by atoms with Crippen molar-refractivity contribution in [2.45, 2.75) is 0 Å². The van der Waals surface area contributed by atoms with Crippen LogP contribution in [0.15, 0.2) is 66.8 Å².